The van der Waals surface area contributed by atoms with Gasteiger partial charge in [0.1, 0.15) is 12.4 Å². The van der Waals surface area contributed by atoms with E-state index in [1.807, 2.05) is 72.8 Å². The summed E-state index contributed by atoms with van der Waals surface area (Å²) in [4.78, 5) is 27.1. The lowest BCUT2D eigenvalue weighted by Crippen LogP contribution is -2.56. The first-order valence-corrected chi connectivity index (χ1v) is 10.1. The molecule has 3 aromatic rings. The molecule has 30 heavy (non-hydrogen) atoms. The molecule has 0 saturated carbocycles. The number of rotatable bonds is 6. The van der Waals surface area contributed by atoms with Crippen molar-refractivity contribution >= 4 is 11.8 Å². The third-order valence-corrected chi connectivity index (χ3v) is 5.11. The van der Waals surface area contributed by atoms with E-state index < -0.39 is 0 Å². The fraction of sp³-hybridized carbons (Fsp3) is 0.200. The smallest absolute Gasteiger partial charge is 0.258 e. The van der Waals surface area contributed by atoms with Crippen molar-refractivity contribution in [3.05, 3.63) is 102 Å². The van der Waals surface area contributed by atoms with E-state index in [-0.39, 0.29) is 24.4 Å². The van der Waals surface area contributed by atoms with E-state index in [0.717, 1.165) is 11.1 Å². The van der Waals surface area contributed by atoms with Crippen LogP contribution in [0.4, 0.5) is 0 Å². The molecule has 4 rings (SSSR count). The fourth-order valence-corrected chi connectivity index (χ4v) is 3.67. The first-order chi connectivity index (χ1) is 14.7. The van der Waals surface area contributed by atoms with Crippen LogP contribution in [0.25, 0.3) is 0 Å². The van der Waals surface area contributed by atoms with Crippen LogP contribution in [0, 0.1) is 0 Å². The van der Waals surface area contributed by atoms with Crippen LogP contribution >= 0.6 is 0 Å². The first kappa shape index (κ1) is 19.7. The molecule has 152 valence electrons. The quantitative estimate of drug-likeness (QED) is 0.690. The summed E-state index contributed by atoms with van der Waals surface area (Å²) < 4.78 is 5.94. The molecular weight excluding hydrogens is 376 g/mol. The molecule has 1 aliphatic rings. The average Bonchev–Trinajstić information content (AvgIpc) is 2.78. The number of benzene rings is 3. The zero-order chi connectivity index (χ0) is 20.8. The molecular formula is C25H24N2O3. The number of hydrogen-bond acceptors (Lipinski definition) is 3. The second-order valence-electron chi connectivity index (χ2n) is 7.41. The van der Waals surface area contributed by atoms with Crippen molar-refractivity contribution in [1.82, 2.24) is 10.2 Å². The topological polar surface area (TPSA) is 58.6 Å². The summed E-state index contributed by atoms with van der Waals surface area (Å²) in [5, 5.41) is 3.00. The number of nitrogens with one attached hydrogen (secondary N) is 1. The highest BCUT2D eigenvalue weighted by Crippen LogP contribution is 2.22. The van der Waals surface area contributed by atoms with Crippen molar-refractivity contribution in [3.63, 3.8) is 0 Å². The molecule has 0 spiro atoms. The molecule has 1 atom stereocenters. The highest BCUT2D eigenvalue weighted by molar-refractivity contribution is 5.99. The van der Waals surface area contributed by atoms with Gasteiger partial charge in [0.2, 0.25) is 5.91 Å². The maximum absolute atomic E-state index is 13.2. The van der Waals surface area contributed by atoms with Crippen molar-refractivity contribution in [2.45, 2.75) is 19.1 Å². The van der Waals surface area contributed by atoms with Gasteiger partial charge in [0, 0.05) is 6.54 Å². The third kappa shape index (κ3) is 4.87. The molecule has 0 unspecified atom stereocenters. The predicted octanol–water partition coefficient (Wildman–Crippen LogP) is 3.45. The Labute approximate surface area is 176 Å². The zero-order valence-corrected chi connectivity index (χ0v) is 16.7. The number of amides is 2. The van der Waals surface area contributed by atoms with Crippen molar-refractivity contribution < 1.29 is 14.3 Å². The molecule has 2 amide bonds. The molecule has 1 saturated heterocycles. The summed E-state index contributed by atoms with van der Waals surface area (Å²) in [7, 11) is 0. The Kier molecular flexibility index (Phi) is 6.09. The molecule has 1 aliphatic heterocycles. The number of carbonyl (C=O) groups excluding carboxylic acids is 2. The van der Waals surface area contributed by atoms with Gasteiger partial charge < -0.3 is 15.0 Å². The van der Waals surface area contributed by atoms with Gasteiger partial charge in [0.25, 0.3) is 5.91 Å². The molecule has 5 heteroatoms. The fourth-order valence-electron chi connectivity index (χ4n) is 3.67. The number of hydrogen-bond donors (Lipinski definition) is 1. The Morgan fingerprint density at radius 2 is 1.53 bits per heavy atom. The summed E-state index contributed by atoms with van der Waals surface area (Å²) in [6.07, 6.45) is 0.683. The van der Waals surface area contributed by atoms with E-state index in [9.17, 15) is 9.59 Å². The molecule has 3 aromatic carbocycles. The van der Waals surface area contributed by atoms with E-state index in [2.05, 4.69) is 5.32 Å². The lowest BCUT2D eigenvalue weighted by Gasteiger charge is -2.33. The van der Waals surface area contributed by atoms with Crippen molar-refractivity contribution in [1.29, 1.82) is 0 Å². The maximum Gasteiger partial charge on any atom is 0.258 e. The summed E-state index contributed by atoms with van der Waals surface area (Å²) in [6, 6.07) is 26.9. The van der Waals surface area contributed by atoms with Crippen LogP contribution in [-0.4, -0.2) is 35.8 Å². The number of ether oxygens (including phenoxy) is 1. The minimum atomic E-state index is -0.188. The number of para-hydroxylation sites is 1. The van der Waals surface area contributed by atoms with Gasteiger partial charge in [0.15, 0.2) is 0 Å². The van der Waals surface area contributed by atoms with E-state index in [1.54, 1.807) is 17.0 Å². The lowest BCUT2D eigenvalue weighted by molar-refractivity contribution is -0.124. The highest BCUT2D eigenvalue weighted by Gasteiger charge is 2.29. The third-order valence-electron chi connectivity index (χ3n) is 5.11. The molecule has 0 bridgehead atoms. The average molecular weight is 400 g/mol. The van der Waals surface area contributed by atoms with Gasteiger partial charge in [0.05, 0.1) is 18.2 Å². The summed E-state index contributed by atoms with van der Waals surface area (Å²) >= 11 is 0. The number of piperazine rings is 1. The largest absolute Gasteiger partial charge is 0.488 e. The van der Waals surface area contributed by atoms with E-state index in [4.69, 9.17) is 4.74 Å². The van der Waals surface area contributed by atoms with Gasteiger partial charge in [-0.05, 0) is 29.7 Å². The lowest BCUT2D eigenvalue weighted by atomic mass is 10.0. The van der Waals surface area contributed by atoms with Gasteiger partial charge >= 0.3 is 0 Å². The Morgan fingerprint density at radius 1 is 0.900 bits per heavy atom. The van der Waals surface area contributed by atoms with Gasteiger partial charge in [-0.3, -0.25) is 9.59 Å². The monoisotopic (exact) mass is 400 g/mol. The van der Waals surface area contributed by atoms with E-state index >= 15 is 0 Å². The maximum atomic E-state index is 13.2. The number of nitrogens with zero attached hydrogens (tertiary/aromatic N) is 1. The summed E-state index contributed by atoms with van der Waals surface area (Å²) in [6.45, 7) is 0.895. The molecule has 1 heterocycles. The Balaban J connectivity index is 1.47. The Bertz CT molecular complexity index is 1010. The SMILES string of the molecule is O=C1CN(C(=O)c2ccccc2OCc2ccccc2)C[C@H](Cc2ccccc2)N1. The molecule has 0 aliphatic carbocycles. The summed E-state index contributed by atoms with van der Waals surface area (Å²) in [5.74, 6) is 0.196. The molecule has 5 nitrogen and oxygen atoms in total. The van der Waals surface area contributed by atoms with Crippen LogP contribution in [0.15, 0.2) is 84.9 Å². The second kappa shape index (κ2) is 9.27. The van der Waals surface area contributed by atoms with Crippen molar-refractivity contribution in [3.8, 4) is 5.75 Å². The van der Waals surface area contributed by atoms with Crippen molar-refractivity contribution in [2.24, 2.45) is 0 Å². The van der Waals surface area contributed by atoms with Gasteiger partial charge in [-0.15, -0.1) is 0 Å². The van der Waals surface area contributed by atoms with Crippen LogP contribution in [0.5, 0.6) is 5.75 Å². The van der Waals surface area contributed by atoms with Gasteiger partial charge in [-0.1, -0.05) is 72.8 Å². The standard InChI is InChI=1S/C25H24N2O3/c28-24-17-27(16-21(26-24)15-19-9-3-1-4-10-19)25(29)22-13-7-8-14-23(22)30-18-20-11-5-2-6-12-20/h1-14,21H,15-18H2,(H,26,28)/t21-/m0/s1. The van der Waals surface area contributed by atoms with Gasteiger partial charge in [-0.25, -0.2) is 0 Å². The number of carbonyl (C=O) groups is 2. The summed E-state index contributed by atoms with van der Waals surface area (Å²) in [5.41, 5.74) is 2.63. The minimum absolute atomic E-state index is 0.0527. The zero-order valence-electron chi connectivity index (χ0n) is 16.7. The van der Waals surface area contributed by atoms with Crippen LogP contribution in [0.2, 0.25) is 0 Å². The van der Waals surface area contributed by atoms with Crippen LogP contribution < -0.4 is 10.1 Å². The first-order valence-electron chi connectivity index (χ1n) is 10.1. The highest BCUT2D eigenvalue weighted by atomic mass is 16.5. The second-order valence-corrected chi connectivity index (χ2v) is 7.41. The van der Waals surface area contributed by atoms with Crippen LogP contribution in [0.1, 0.15) is 21.5 Å². The molecule has 0 radical (unpaired) electrons. The Hall–Kier alpha value is -3.60. The molecule has 1 N–H and O–H groups in total. The van der Waals surface area contributed by atoms with Crippen molar-refractivity contribution in [2.75, 3.05) is 13.1 Å². The van der Waals surface area contributed by atoms with Crippen LogP contribution in [0.3, 0.4) is 0 Å². The molecule has 0 aromatic heterocycles. The molecule has 1 fully saturated rings. The van der Waals surface area contributed by atoms with E-state index in [0.29, 0.717) is 30.9 Å². The Morgan fingerprint density at radius 3 is 2.27 bits per heavy atom. The minimum Gasteiger partial charge on any atom is -0.488 e. The predicted molar refractivity (Wildman–Crippen MR) is 115 cm³/mol. The normalized spacial score (nSPS) is 16.1. The van der Waals surface area contributed by atoms with Gasteiger partial charge in [-0.2, -0.15) is 0 Å². The van der Waals surface area contributed by atoms with Crippen LogP contribution in [-0.2, 0) is 17.8 Å². The van der Waals surface area contributed by atoms with E-state index in [1.165, 1.54) is 0 Å².